The molecule has 4 nitrogen and oxygen atoms in total. The molecule has 0 aromatic carbocycles. The summed E-state index contributed by atoms with van der Waals surface area (Å²) in [5.41, 5.74) is -0.652. The first-order valence-electron chi connectivity index (χ1n) is 7.12. The van der Waals surface area contributed by atoms with Crippen LogP contribution < -0.4 is 5.32 Å². The van der Waals surface area contributed by atoms with Crippen LogP contribution in [0.5, 0.6) is 0 Å². The van der Waals surface area contributed by atoms with Crippen LogP contribution >= 0.6 is 0 Å². The lowest BCUT2D eigenvalue weighted by Gasteiger charge is -2.50. The number of amides is 2. The standard InChI is InChI=1S/C14H26N2O2/c1-6-11(7-2)16-12(17)10(5)15-13(18)14(16,8-3)9-4/h10-11H,6-9H2,1-5H3,(H,15,18). The summed E-state index contributed by atoms with van der Waals surface area (Å²) in [4.78, 5) is 26.7. The first-order valence-corrected chi connectivity index (χ1v) is 7.12. The van der Waals surface area contributed by atoms with Crippen molar-refractivity contribution in [1.29, 1.82) is 0 Å². The van der Waals surface area contributed by atoms with Crippen LogP contribution in [0.3, 0.4) is 0 Å². The highest BCUT2D eigenvalue weighted by Gasteiger charge is 2.50. The van der Waals surface area contributed by atoms with E-state index in [0.717, 1.165) is 12.8 Å². The summed E-state index contributed by atoms with van der Waals surface area (Å²) in [6.45, 7) is 9.90. The van der Waals surface area contributed by atoms with Crippen molar-refractivity contribution in [3.8, 4) is 0 Å². The summed E-state index contributed by atoms with van der Waals surface area (Å²) < 4.78 is 0. The monoisotopic (exact) mass is 254 g/mol. The minimum atomic E-state index is -0.652. The zero-order chi connectivity index (χ0) is 13.9. The summed E-state index contributed by atoms with van der Waals surface area (Å²) in [5, 5.41) is 2.82. The van der Waals surface area contributed by atoms with Crippen molar-refractivity contribution in [2.45, 2.75) is 77.9 Å². The zero-order valence-corrected chi connectivity index (χ0v) is 12.2. The zero-order valence-electron chi connectivity index (χ0n) is 12.2. The lowest BCUT2D eigenvalue weighted by atomic mass is 9.84. The lowest BCUT2D eigenvalue weighted by Crippen LogP contribution is -2.71. The van der Waals surface area contributed by atoms with Gasteiger partial charge >= 0.3 is 0 Å². The number of carbonyl (C=O) groups excluding carboxylic acids is 2. The highest BCUT2D eigenvalue weighted by atomic mass is 16.2. The second-order valence-corrected chi connectivity index (χ2v) is 5.11. The summed E-state index contributed by atoms with van der Waals surface area (Å²) in [7, 11) is 0. The molecule has 1 aliphatic heterocycles. The molecule has 1 saturated heterocycles. The molecule has 1 N–H and O–H groups in total. The van der Waals surface area contributed by atoms with Crippen molar-refractivity contribution in [3.63, 3.8) is 0 Å². The average molecular weight is 254 g/mol. The fourth-order valence-corrected chi connectivity index (χ4v) is 3.02. The lowest BCUT2D eigenvalue weighted by molar-refractivity contribution is -0.161. The van der Waals surface area contributed by atoms with Gasteiger partial charge in [0.25, 0.3) is 0 Å². The summed E-state index contributed by atoms with van der Waals surface area (Å²) in [6, 6.07) is -0.241. The molecule has 2 amide bonds. The molecule has 0 radical (unpaired) electrons. The molecule has 0 aromatic heterocycles. The second-order valence-electron chi connectivity index (χ2n) is 5.11. The fourth-order valence-electron chi connectivity index (χ4n) is 3.02. The number of hydrogen-bond donors (Lipinski definition) is 1. The minimum absolute atomic E-state index is 0.00602. The van der Waals surface area contributed by atoms with E-state index < -0.39 is 11.6 Å². The first kappa shape index (κ1) is 15.0. The van der Waals surface area contributed by atoms with E-state index in [1.165, 1.54) is 0 Å². The molecule has 0 bridgehead atoms. The summed E-state index contributed by atoms with van der Waals surface area (Å²) >= 11 is 0. The number of carbonyl (C=O) groups is 2. The van der Waals surface area contributed by atoms with Gasteiger partial charge in [0.2, 0.25) is 11.8 Å². The highest BCUT2D eigenvalue weighted by molar-refractivity contribution is 5.99. The minimum Gasteiger partial charge on any atom is -0.343 e. The third-order valence-corrected chi connectivity index (χ3v) is 4.32. The van der Waals surface area contributed by atoms with Gasteiger partial charge in [0.1, 0.15) is 11.6 Å². The number of rotatable bonds is 5. The van der Waals surface area contributed by atoms with Gasteiger partial charge < -0.3 is 10.2 Å². The molecular formula is C14H26N2O2. The maximum atomic E-state index is 12.5. The normalized spacial score (nSPS) is 23.4. The van der Waals surface area contributed by atoms with E-state index in [2.05, 4.69) is 19.2 Å². The van der Waals surface area contributed by atoms with Crippen LogP contribution in [-0.4, -0.2) is 34.3 Å². The van der Waals surface area contributed by atoms with Crippen LogP contribution in [0.1, 0.15) is 60.3 Å². The van der Waals surface area contributed by atoms with Crippen molar-refractivity contribution < 1.29 is 9.59 Å². The molecule has 18 heavy (non-hydrogen) atoms. The molecule has 1 atom stereocenters. The Morgan fingerprint density at radius 2 is 1.67 bits per heavy atom. The molecule has 0 aromatic rings. The molecule has 1 fully saturated rings. The van der Waals surface area contributed by atoms with Crippen LogP contribution in [0.4, 0.5) is 0 Å². The molecule has 104 valence electrons. The number of nitrogens with zero attached hydrogens (tertiary/aromatic N) is 1. The van der Waals surface area contributed by atoms with Gasteiger partial charge in [-0.1, -0.05) is 27.7 Å². The van der Waals surface area contributed by atoms with Crippen molar-refractivity contribution >= 4 is 11.8 Å². The third-order valence-electron chi connectivity index (χ3n) is 4.32. The predicted molar refractivity (Wildman–Crippen MR) is 72.1 cm³/mol. The molecule has 0 aliphatic carbocycles. The molecule has 1 heterocycles. The average Bonchev–Trinajstić information content (AvgIpc) is 2.37. The Kier molecular flexibility index (Phi) is 4.77. The van der Waals surface area contributed by atoms with E-state index in [9.17, 15) is 9.59 Å². The topological polar surface area (TPSA) is 49.4 Å². The van der Waals surface area contributed by atoms with E-state index in [1.807, 2.05) is 18.7 Å². The van der Waals surface area contributed by atoms with E-state index >= 15 is 0 Å². The number of hydrogen-bond acceptors (Lipinski definition) is 2. The van der Waals surface area contributed by atoms with E-state index in [4.69, 9.17) is 0 Å². The Morgan fingerprint density at radius 3 is 2.06 bits per heavy atom. The highest BCUT2D eigenvalue weighted by Crippen LogP contribution is 2.32. The van der Waals surface area contributed by atoms with Crippen LogP contribution in [-0.2, 0) is 9.59 Å². The summed E-state index contributed by atoms with van der Waals surface area (Å²) in [5.74, 6) is 0.0681. The Labute approximate surface area is 110 Å². The van der Waals surface area contributed by atoms with Crippen molar-refractivity contribution in [3.05, 3.63) is 0 Å². The molecule has 4 heteroatoms. The van der Waals surface area contributed by atoms with E-state index in [0.29, 0.717) is 12.8 Å². The fraction of sp³-hybridized carbons (Fsp3) is 0.857. The van der Waals surface area contributed by atoms with Gasteiger partial charge in [-0.05, 0) is 32.6 Å². The van der Waals surface area contributed by atoms with Crippen LogP contribution in [0.15, 0.2) is 0 Å². The third kappa shape index (κ3) is 2.13. The molecule has 1 unspecified atom stereocenters. The van der Waals surface area contributed by atoms with Gasteiger partial charge in [-0.2, -0.15) is 0 Å². The molecular weight excluding hydrogens is 228 g/mol. The van der Waals surface area contributed by atoms with Crippen LogP contribution in [0.2, 0.25) is 0 Å². The van der Waals surface area contributed by atoms with Gasteiger partial charge in [0.15, 0.2) is 0 Å². The van der Waals surface area contributed by atoms with Crippen molar-refractivity contribution in [2.75, 3.05) is 0 Å². The maximum Gasteiger partial charge on any atom is 0.246 e. The van der Waals surface area contributed by atoms with Crippen LogP contribution in [0.25, 0.3) is 0 Å². The van der Waals surface area contributed by atoms with E-state index in [-0.39, 0.29) is 17.9 Å². The SMILES string of the molecule is CCC(CC)N1C(=O)C(C)NC(=O)C1(CC)CC. The maximum absolute atomic E-state index is 12.5. The number of piperazine rings is 1. The second kappa shape index (κ2) is 5.72. The van der Waals surface area contributed by atoms with Gasteiger partial charge in [0.05, 0.1) is 0 Å². The van der Waals surface area contributed by atoms with Crippen molar-refractivity contribution in [1.82, 2.24) is 10.2 Å². The summed E-state index contributed by atoms with van der Waals surface area (Å²) in [6.07, 6.45) is 3.13. The molecule has 0 spiro atoms. The van der Waals surface area contributed by atoms with E-state index in [1.54, 1.807) is 6.92 Å². The Balaban J connectivity index is 3.24. The Hall–Kier alpha value is -1.06. The van der Waals surface area contributed by atoms with Gasteiger partial charge in [-0.3, -0.25) is 9.59 Å². The first-order chi connectivity index (χ1) is 8.48. The van der Waals surface area contributed by atoms with Gasteiger partial charge in [0, 0.05) is 6.04 Å². The molecule has 1 aliphatic rings. The van der Waals surface area contributed by atoms with Gasteiger partial charge in [-0.25, -0.2) is 0 Å². The Morgan fingerprint density at radius 1 is 1.17 bits per heavy atom. The smallest absolute Gasteiger partial charge is 0.246 e. The van der Waals surface area contributed by atoms with Gasteiger partial charge in [-0.15, -0.1) is 0 Å². The quantitative estimate of drug-likeness (QED) is 0.816. The number of nitrogens with one attached hydrogen (secondary N) is 1. The Bertz CT molecular complexity index is 320. The largest absolute Gasteiger partial charge is 0.343 e. The molecule has 0 saturated carbocycles. The van der Waals surface area contributed by atoms with Crippen LogP contribution in [0, 0.1) is 0 Å². The predicted octanol–water partition coefficient (Wildman–Crippen LogP) is 2.08. The van der Waals surface area contributed by atoms with Crippen molar-refractivity contribution in [2.24, 2.45) is 0 Å². The molecule has 1 rings (SSSR count).